The van der Waals surface area contributed by atoms with Crippen LogP contribution in [0.2, 0.25) is 5.28 Å². The summed E-state index contributed by atoms with van der Waals surface area (Å²) in [5, 5.41) is 11.9. The first-order valence-electron chi connectivity index (χ1n) is 4.53. The number of halogens is 1. The Morgan fingerprint density at radius 1 is 1.19 bits per heavy atom. The van der Waals surface area contributed by atoms with Crippen LogP contribution in [0.15, 0.2) is 36.5 Å². The van der Waals surface area contributed by atoms with Crippen molar-refractivity contribution >= 4 is 23.1 Å². The number of rotatable bonds is 2. The number of nitriles is 1. The van der Waals surface area contributed by atoms with E-state index in [1.54, 1.807) is 36.5 Å². The second-order valence-corrected chi connectivity index (χ2v) is 3.36. The fourth-order valence-electron chi connectivity index (χ4n) is 1.18. The van der Waals surface area contributed by atoms with Crippen LogP contribution in [0.5, 0.6) is 0 Å². The van der Waals surface area contributed by atoms with E-state index in [1.807, 2.05) is 0 Å². The SMILES string of the molecule is N#Cc1ccc(Nc2ccnc(Cl)n2)cc1. The van der Waals surface area contributed by atoms with Crippen molar-refractivity contribution < 1.29 is 0 Å². The quantitative estimate of drug-likeness (QED) is 0.806. The van der Waals surface area contributed by atoms with Crippen LogP contribution in [-0.4, -0.2) is 9.97 Å². The lowest BCUT2D eigenvalue weighted by Gasteiger charge is -2.04. The van der Waals surface area contributed by atoms with E-state index in [1.165, 1.54) is 0 Å². The van der Waals surface area contributed by atoms with Crippen molar-refractivity contribution in [2.75, 3.05) is 5.32 Å². The lowest BCUT2D eigenvalue weighted by atomic mass is 10.2. The zero-order valence-corrected chi connectivity index (χ0v) is 8.94. The van der Waals surface area contributed by atoms with Gasteiger partial charge in [0.2, 0.25) is 5.28 Å². The Morgan fingerprint density at radius 2 is 1.94 bits per heavy atom. The molecule has 0 radical (unpaired) electrons. The molecular weight excluding hydrogens is 224 g/mol. The number of benzene rings is 1. The van der Waals surface area contributed by atoms with Crippen LogP contribution in [0.25, 0.3) is 0 Å². The van der Waals surface area contributed by atoms with Crippen LogP contribution >= 0.6 is 11.6 Å². The van der Waals surface area contributed by atoms with E-state index in [4.69, 9.17) is 16.9 Å². The van der Waals surface area contributed by atoms with E-state index >= 15 is 0 Å². The predicted octanol–water partition coefficient (Wildman–Crippen LogP) is 2.75. The van der Waals surface area contributed by atoms with Gasteiger partial charge in [-0.05, 0) is 41.9 Å². The van der Waals surface area contributed by atoms with Gasteiger partial charge < -0.3 is 5.32 Å². The third-order valence-corrected chi connectivity index (χ3v) is 2.09. The molecule has 16 heavy (non-hydrogen) atoms. The summed E-state index contributed by atoms with van der Waals surface area (Å²) in [6.07, 6.45) is 1.57. The minimum absolute atomic E-state index is 0.193. The molecule has 78 valence electrons. The fourth-order valence-corrected chi connectivity index (χ4v) is 1.33. The maximum atomic E-state index is 8.65. The van der Waals surface area contributed by atoms with Crippen molar-refractivity contribution in [3.8, 4) is 6.07 Å². The number of hydrogen-bond donors (Lipinski definition) is 1. The zero-order valence-electron chi connectivity index (χ0n) is 8.18. The van der Waals surface area contributed by atoms with Crippen LogP contribution in [0.4, 0.5) is 11.5 Å². The summed E-state index contributed by atoms with van der Waals surface area (Å²) >= 11 is 5.65. The molecule has 0 saturated carbocycles. The summed E-state index contributed by atoms with van der Waals surface area (Å²) in [5.74, 6) is 0.615. The second-order valence-electron chi connectivity index (χ2n) is 3.03. The molecule has 0 amide bonds. The molecule has 0 atom stereocenters. The van der Waals surface area contributed by atoms with Crippen molar-refractivity contribution in [3.63, 3.8) is 0 Å². The average molecular weight is 231 g/mol. The molecular formula is C11H7ClN4. The first kappa shape index (κ1) is 10.4. The molecule has 0 unspecified atom stereocenters. The van der Waals surface area contributed by atoms with Crippen molar-refractivity contribution in [2.45, 2.75) is 0 Å². The molecule has 0 saturated heterocycles. The fraction of sp³-hybridized carbons (Fsp3) is 0. The highest BCUT2D eigenvalue weighted by Crippen LogP contribution is 2.15. The van der Waals surface area contributed by atoms with Gasteiger partial charge in [0, 0.05) is 11.9 Å². The van der Waals surface area contributed by atoms with Gasteiger partial charge in [-0.15, -0.1) is 0 Å². The standard InChI is InChI=1S/C11H7ClN4/c12-11-14-6-5-10(16-11)15-9-3-1-8(7-13)2-4-9/h1-6H,(H,14,15,16). The molecule has 0 aliphatic rings. The maximum absolute atomic E-state index is 8.65. The minimum Gasteiger partial charge on any atom is -0.340 e. The average Bonchev–Trinajstić information content (AvgIpc) is 2.30. The smallest absolute Gasteiger partial charge is 0.224 e. The number of aromatic nitrogens is 2. The Kier molecular flexibility index (Phi) is 2.99. The summed E-state index contributed by atoms with van der Waals surface area (Å²) in [6, 6.07) is 10.8. The van der Waals surface area contributed by atoms with Gasteiger partial charge >= 0.3 is 0 Å². The van der Waals surface area contributed by atoms with E-state index in [0.717, 1.165) is 5.69 Å². The van der Waals surface area contributed by atoms with Crippen molar-refractivity contribution in [1.82, 2.24) is 9.97 Å². The number of nitrogens with zero attached hydrogens (tertiary/aromatic N) is 3. The van der Waals surface area contributed by atoms with Gasteiger partial charge in [0.1, 0.15) is 5.82 Å². The second kappa shape index (κ2) is 4.60. The van der Waals surface area contributed by atoms with Crippen LogP contribution in [0.1, 0.15) is 5.56 Å². The molecule has 2 aromatic rings. The Balaban J connectivity index is 2.18. The van der Waals surface area contributed by atoms with E-state index in [0.29, 0.717) is 11.4 Å². The number of nitrogens with one attached hydrogen (secondary N) is 1. The Hall–Kier alpha value is -2.12. The molecule has 0 bridgehead atoms. The lowest BCUT2D eigenvalue weighted by molar-refractivity contribution is 1.17. The first-order valence-corrected chi connectivity index (χ1v) is 4.91. The molecule has 0 aliphatic carbocycles. The predicted molar refractivity (Wildman–Crippen MR) is 61.5 cm³/mol. The molecule has 0 spiro atoms. The molecule has 1 heterocycles. The topological polar surface area (TPSA) is 61.6 Å². The van der Waals surface area contributed by atoms with E-state index in [9.17, 15) is 0 Å². The summed E-state index contributed by atoms with van der Waals surface area (Å²) in [6.45, 7) is 0. The lowest BCUT2D eigenvalue weighted by Crippen LogP contribution is -1.94. The normalized spacial score (nSPS) is 9.50. The molecule has 0 fully saturated rings. The molecule has 4 nitrogen and oxygen atoms in total. The third-order valence-electron chi connectivity index (χ3n) is 1.91. The number of anilines is 2. The minimum atomic E-state index is 0.193. The van der Waals surface area contributed by atoms with Crippen LogP contribution in [-0.2, 0) is 0 Å². The molecule has 1 aromatic heterocycles. The summed E-state index contributed by atoms with van der Waals surface area (Å²) in [7, 11) is 0. The van der Waals surface area contributed by atoms with Crippen LogP contribution in [0, 0.1) is 11.3 Å². The van der Waals surface area contributed by atoms with Gasteiger partial charge in [0.15, 0.2) is 0 Å². The molecule has 5 heteroatoms. The zero-order chi connectivity index (χ0) is 11.4. The first-order chi connectivity index (χ1) is 7.78. The van der Waals surface area contributed by atoms with Gasteiger partial charge in [-0.1, -0.05) is 0 Å². The van der Waals surface area contributed by atoms with Crippen LogP contribution < -0.4 is 5.32 Å². The third kappa shape index (κ3) is 2.47. The molecule has 1 aromatic carbocycles. The van der Waals surface area contributed by atoms with E-state index < -0.39 is 0 Å². The highest BCUT2D eigenvalue weighted by atomic mass is 35.5. The molecule has 1 N–H and O–H groups in total. The van der Waals surface area contributed by atoms with Crippen molar-refractivity contribution in [3.05, 3.63) is 47.4 Å². The summed E-state index contributed by atoms with van der Waals surface area (Å²) in [5.41, 5.74) is 1.46. The molecule has 2 rings (SSSR count). The van der Waals surface area contributed by atoms with Gasteiger partial charge in [-0.25, -0.2) is 9.97 Å². The highest BCUT2D eigenvalue weighted by molar-refractivity contribution is 6.28. The Morgan fingerprint density at radius 3 is 2.56 bits per heavy atom. The van der Waals surface area contributed by atoms with Crippen molar-refractivity contribution in [1.29, 1.82) is 5.26 Å². The number of hydrogen-bond acceptors (Lipinski definition) is 4. The monoisotopic (exact) mass is 230 g/mol. The van der Waals surface area contributed by atoms with E-state index in [2.05, 4.69) is 21.4 Å². The Bertz CT molecular complexity index is 530. The van der Waals surface area contributed by atoms with E-state index in [-0.39, 0.29) is 5.28 Å². The molecule has 0 aliphatic heterocycles. The van der Waals surface area contributed by atoms with Gasteiger partial charge in [-0.2, -0.15) is 5.26 Å². The van der Waals surface area contributed by atoms with Gasteiger partial charge in [0.25, 0.3) is 0 Å². The maximum Gasteiger partial charge on any atom is 0.224 e. The summed E-state index contributed by atoms with van der Waals surface area (Å²) in [4.78, 5) is 7.77. The van der Waals surface area contributed by atoms with Crippen molar-refractivity contribution in [2.24, 2.45) is 0 Å². The summed E-state index contributed by atoms with van der Waals surface area (Å²) < 4.78 is 0. The Labute approximate surface area is 97.5 Å². The highest BCUT2D eigenvalue weighted by Gasteiger charge is 1.97. The largest absolute Gasteiger partial charge is 0.340 e. The van der Waals surface area contributed by atoms with Gasteiger partial charge in [-0.3, -0.25) is 0 Å². The van der Waals surface area contributed by atoms with Crippen LogP contribution in [0.3, 0.4) is 0 Å². The van der Waals surface area contributed by atoms with Gasteiger partial charge in [0.05, 0.1) is 11.6 Å².